The summed E-state index contributed by atoms with van der Waals surface area (Å²) in [7, 11) is 0. The van der Waals surface area contributed by atoms with Crippen molar-refractivity contribution in [3.05, 3.63) is 107 Å². The molecule has 3 aromatic carbocycles. The predicted molar refractivity (Wildman–Crippen MR) is 114 cm³/mol. The van der Waals surface area contributed by atoms with E-state index >= 15 is 0 Å². The van der Waals surface area contributed by atoms with Gasteiger partial charge in [-0.2, -0.15) is 0 Å². The van der Waals surface area contributed by atoms with Crippen molar-refractivity contribution >= 4 is 0 Å². The lowest BCUT2D eigenvalue weighted by Crippen LogP contribution is -2.40. The van der Waals surface area contributed by atoms with E-state index in [0.29, 0.717) is 12.0 Å². The molecule has 1 aliphatic rings. The molecule has 1 nitrogen and oxygen atoms in total. The molecule has 4 rings (SSSR count). The van der Waals surface area contributed by atoms with Crippen LogP contribution in [0, 0.1) is 5.82 Å². The van der Waals surface area contributed by atoms with Gasteiger partial charge in [-0.05, 0) is 73.0 Å². The third-order valence-corrected chi connectivity index (χ3v) is 5.93. The average Bonchev–Trinajstić information content (AvgIpc) is 2.74. The number of aryl methyl sites for hydroxylation is 2. The smallest absolute Gasteiger partial charge is 0.123 e. The highest BCUT2D eigenvalue weighted by Gasteiger charge is 2.29. The number of rotatable bonds is 7. The lowest BCUT2D eigenvalue weighted by Gasteiger charge is -2.35. The molecule has 0 aliphatic heterocycles. The van der Waals surface area contributed by atoms with Crippen molar-refractivity contribution in [2.24, 2.45) is 0 Å². The summed E-state index contributed by atoms with van der Waals surface area (Å²) in [6, 6.07) is 27.0. The highest BCUT2D eigenvalue weighted by molar-refractivity contribution is 5.36. The van der Waals surface area contributed by atoms with Gasteiger partial charge in [0.05, 0.1) is 0 Å². The SMILES string of the molecule is Fc1ccc(C[C@@H]2c3ccccc3CC[C@@H]2NCCCc2ccccc2)cc1. The molecule has 0 amide bonds. The Morgan fingerprint density at radius 2 is 1.57 bits per heavy atom. The molecule has 3 aromatic rings. The van der Waals surface area contributed by atoms with Gasteiger partial charge in [0, 0.05) is 12.0 Å². The van der Waals surface area contributed by atoms with E-state index in [1.807, 2.05) is 12.1 Å². The third-order valence-electron chi connectivity index (χ3n) is 5.93. The standard InChI is InChI=1S/C26H28FN/c27-23-15-12-21(13-16-23)19-25-24-11-5-4-10-22(24)14-17-26(25)28-18-6-9-20-7-2-1-3-8-20/h1-5,7-8,10-13,15-16,25-26,28H,6,9,14,17-19H2/t25-,26+/m1/s1. The van der Waals surface area contributed by atoms with Crippen LogP contribution in [0.1, 0.15) is 41.0 Å². The zero-order chi connectivity index (χ0) is 19.2. The molecule has 0 saturated heterocycles. The Labute approximate surface area is 167 Å². The molecule has 0 heterocycles. The minimum atomic E-state index is -0.164. The number of halogens is 1. The summed E-state index contributed by atoms with van der Waals surface area (Å²) in [4.78, 5) is 0. The maximum atomic E-state index is 13.3. The van der Waals surface area contributed by atoms with Crippen LogP contribution in [-0.2, 0) is 19.3 Å². The second kappa shape index (κ2) is 9.16. The van der Waals surface area contributed by atoms with E-state index in [1.54, 1.807) is 12.1 Å². The molecule has 0 spiro atoms. The van der Waals surface area contributed by atoms with Crippen LogP contribution >= 0.6 is 0 Å². The Bertz CT molecular complexity index is 872. The normalized spacial score (nSPS) is 18.6. The van der Waals surface area contributed by atoms with E-state index in [1.165, 1.54) is 22.3 Å². The van der Waals surface area contributed by atoms with Gasteiger partial charge in [-0.15, -0.1) is 0 Å². The van der Waals surface area contributed by atoms with E-state index in [2.05, 4.69) is 59.9 Å². The van der Waals surface area contributed by atoms with E-state index in [-0.39, 0.29) is 5.82 Å². The molecule has 0 bridgehead atoms. The monoisotopic (exact) mass is 373 g/mol. The van der Waals surface area contributed by atoms with Crippen LogP contribution in [0.25, 0.3) is 0 Å². The van der Waals surface area contributed by atoms with Gasteiger partial charge in [0.1, 0.15) is 5.82 Å². The summed E-state index contributed by atoms with van der Waals surface area (Å²) in [5.74, 6) is 0.274. The molecular weight excluding hydrogens is 345 g/mol. The maximum absolute atomic E-state index is 13.3. The highest BCUT2D eigenvalue weighted by atomic mass is 19.1. The summed E-state index contributed by atoms with van der Waals surface area (Å²) >= 11 is 0. The first kappa shape index (κ1) is 18.9. The van der Waals surface area contributed by atoms with Gasteiger partial charge in [-0.1, -0.05) is 66.7 Å². The lowest BCUT2D eigenvalue weighted by atomic mass is 9.76. The van der Waals surface area contributed by atoms with Gasteiger partial charge in [-0.25, -0.2) is 4.39 Å². The number of fused-ring (bicyclic) bond motifs is 1. The van der Waals surface area contributed by atoms with E-state index < -0.39 is 0 Å². The molecule has 1 aliphatic carbocycles. The minimum absolute atomic E-state index is 0.164. The van der Waals surface area contributed by atoms with Crippen LogP contribution in [0.3, 0.4) is 0 Å². The first-order chi connectivity index (χ1) is 13.8. The maximum Gasteiger partial charge on any atom is 0.123 e. The van der Waals surface area contributed by atoms with Crippen molar-refractivity contribution in [2.75, 3.05) is 6.54 Å². The van der Waals surface area contributed by atoms with Gasteiger partial charge >= 0.3 is 0 Å². The van der Waals surface area contributed by atoms with Gasteiger partial charge in [-0.3, -0.25) is 0 Å². The highest BCUT2D eigenvalue weighted by Crippen LogP contribution is 2.34. The van der Waals surface area contributed by atoms with Crippen molar-refractivity contribution in [1.82, 2.24) is 5.32 Å². The molecule has 0 aromatic heterocycles. The molecule has 2 atom stereocenters. The molecule has 0 fully saturated rings. The molecule has 0 saturated carbocycles. The number of hydrogen-bond donors (Lipinski definition) is 1. The summed E-state index contributed by atoms with van der Waals surface area (Å²) in [6.45, 7) is 1.03. The number of benzene rings is 3. The summed E-state index contributed by atoms with van der Waals surface area (Å²) < 4.78 is 13.3. The Hall–Kier alpha value is -2.45. The van der Waals surface area contributed by atoms with Gasteiger partial charge in [0.2, 0.25) is 0 Å². The number of hydrogen-bond acceptors (Lipinski definition) is 1. The van der Waals surface area contributed by atoms with Crippen molar-refractivity contribution in [2.45, 2.75) is 44.1 Å². The Morgan fingerprint density at radius 3 is 2.39 bits per heavy atom. The lowest BCUT2D eigenvalue weighted by molar-refractivity contribution is 0.382. The quantitative estimate of drug-likeness (QED) is 0.525. The predicted octanol–water partition coefficient (Wildman–Crippen LogP) is 5.69. The van der Waals surface area contributed by atoms with Crippen LogP contribution in [0.15, 0.2) is 78.9 Å². The Kier molecular flexibility index (Phi) is 6.18. The fourth-order valence-corrected chi connectivity index (χ4v) is 4.45. The van der Waals surface area contributed by atoms with E-state index in [9.17, 15) is 4.39 Å². The molecule has 0 unspecified atom stereocenters. The first-order valence-electron chi connectivity index (χ1n) is 10.4. The van der Waals surface area contributed by atoms with Crippen LogP contribution in [0.5, 0.6) is 0 Å². The van der Waals surface area contributed by atoms with Crippen molar-refractivity contribution in [3.63, 3.8) is 0 Å². The van der Waals surface area contributed by atoms with Crippen LogP contribution in [-0.4, -0.2) is 12.6 Å². The largest absolute Gasteiger partial charge is 0.313 e. The van der Waals surface area contributed by atoms with Crippen LogP contribution in [0.4, 0.5) is 4.39 Å². The average molecular weight is 374 g/mol. The molecule has 144 valence electrons. The second-order valence-corrected chi connectivity index (χ2v) is 7.82. The summed E-state index contributed by atoms with van der Waals surface area (Å²) in [6.07, 6.45) is 5.50. The molecular formula is C26H28FN. The summed E-state index contributed by atoms with van der Waals surface area (Å²) in [5.41, 5.74) is 5.54. The number of nitrogens with one attached hydrogen (secondary N) is 1. The van der Waals surface area contributed by atoms with Gasteiger partial charge in [0.25, 0.3) is 0 Å². The topological polar surface area (TPSA) is 12.0 Å². The van der Waals surface area contributed by atoms with Gasteiger partial charge in [0.15, 0.2) is 0 Å². The van der Waals surface area contributed by atoms with E-state index in [0.717, 1.165) is 38.6 Å². The Balaban J connectivity index is 1.43. The van der Waals surface area contributed by atoms with Gasteiger partial charge < -0.3 is 5.32 Å². The van der Waals surface area contributed by atoms with Crippen molar-refractivity contribution in [3.8, 4) is 0 Å². The first-order valence-corrected chi connectivity index (χ1v) is 10.4. The molecule has 1 N–H and O–H groups in total. The van der Waals surface area contributed by atoms with Crippen molar-refractivity contribution < 1.29 is 4.39 Å². The minimum Gasteiger partial charge on any atom is -0.313 e. The molecule has 2 heteroatoms. The second-order valence-electron chi connectivity index (χ2n) is 7.82. The third kappa shape index (κ3) is 4.69. The van der Waals surface area contributed by atoms with Crippen LogP contribution < -0.4 is 5.32 Å². The zero-order valence-corrected chi connectivity index (χ0v) is 16.3. The van der Waals surface area contributed by atoms with Crippen molar-refractivity contribution in [1.29, 1.82) is 0 Å². The Morgan fingerprint density at radius 1 is 0.821 bits per heavy atom. The fraction of sp³-hybridized carbons (Fsp3) is 0.308. The van der Waals surface area contributed by atoms with E-state index in [4.69, 9.17) is 0 Å². The van der Waals surface area contributed by atoms with Crippen LogP contribution in [0.2, 0.25) is 0 Å². The summed E-state index contributed by atoms with van der Waals surface area (Å²) in [5, 5.41) is 3.84. The molecule has 28 heavy (non-hydrogen) atoms. The zero-order valence-electron chi connectivity index (χ0n) is 16.3. The fourth-order valence-electron chi connectivity index (χ4n) is 4.45. The molecule has 0 radical (unpaired) electrons.